The fraction of sp³-hybridized carbons (Fsp3) is 0.125. The topological polar surface area (TPSA) is 173 Å². The fourth-order valence-electron chi connectivity index (χ4n) is 1.71. The molecule has 0 radical (unpaired) electrons. The molecule has 2 unspecified atom stereocenters. The number of carbonyl (C=O) groups excluding carboxylic acids is 2. The first-order valence-corrected chi connectivity index (χ1v) is 9.10. The number of phenolic OH excluding ortho intramolecular Hbond substituents is 2. The van der Waals surface area contributed by atoms with Gasteiger partial charge in [0.1, 0.15) is 11.5 Å². The number of nitrogens with two attached hydrogens (primary N) is 2. The van der Waals surface area contributed by atoms with Crippen LogP contribution in [0.1, 0.15) is 23.2 Å². The zero-order chi connectivity index (χ0) is 20.0. The van der Waals surface area contributed by atoms with Crippen molar-refractivity contribution in [3.63, 3.8) is 0 Å². The van der Waals surface area contributed by atoms with E-state index in [4.69, 9.17) is 21.7 Å². The van der Waals surface area contributed by atoms with Gasteiger partial charge in [0.05, 0.1) is 31.2 Å². The van der Waals surface area contributed by atoms with Crippen molar-refractivity contribution >= 4 is 94.9 Å². The number of rotatable bonds is 4. The number of hydrogen-bond acceptors (Lipinski definition) is 8. The van der Waals surface area contributed by atoms with E-state index in [1.165, 1.54) is 36.4 Å². The summed E-state index contributed by atoms with van der Waals surface area (Å²) >= 11 is 3.78. The van der Waals surface area contributed by atoms with Gasteiger partial charge in [0.2, 0.25) is 0 Å². The summed E-state index contributed by atoms with van der Waals surface area (Å²) in [6.07, 6.45) is 0. The van der Waals surface area contributed by atoms with E-state index in [0.29, 0.717) is 18.3 Å². The van der Waals surface area contributed by atoms with E-state index in [2.05, 4.69) is 0 Å². The third kappa shape index (κ3) is 8.25. The second-order valence-corrected chi connectivity index (χ2v) is 7.34. The van der Waals surface area contributed by atoms with Gasteiger partial charge in [-0.05, 0) is 80.6 Å². The van der Waals surface area contributed by atoms with Crippen molar-refractivity contribution in [3.05, 3.63) is 54.7 Å². The molecule has 27 heavy (non-hydrogen) atoms. The van der Waals surface area contributed by atoms with Gasteiger partial charge in [-0.25, -0.2) is 0 Å². The maximum atomic E-state index is 10.4. The Morgan fingerprint density at radius 3 is 1.33 bits per heavy atom. The molecule has 11 heteroatoms. The van der Waals surface area contributed by atoms with Crippen LogP contribution in [0.3, 0.4) is 0 Å². The van der Waals surface area contributed by atoms with E-state index in [1.807, 2.05) is 45.2 Å². The maximum Gasteiger partial charge on any atom is 2.00 e. The Labute approximate surface area is 212 Å². The molecule has 6 N–H and O–H groups in total. The Morgan fingerprint density at radius 2 is 1.11 bits per heavy atom. The zero-order valence-electron chi connectivity index (χ0n) is 13.8. The number of hydrogen-bond donors (Lipinski definition) is 4. The minimum absolute atomic E-state index is 0. The second kappa shape index (κ2) is 12.2. The van der Waals surface area contributed by atoms with E-state index in [-0.39, 0.29) is 49.2 Å². The summed E-state index contributed by atoms with van der Waals surface area (Å²) < 4.78 is 1.12. The third-order valence-corrected chi connectivity index (χ3v) is 4.90. The third-order valence-electron chi connectivity index (χ3n) is 3.17. The molecule has 0 aliphatic heterocycles. The van der Waals surface area contributed by atoms with Crippen LogP contribution in [0.4, 0.5) is 0 Å². The Hall–Kier alpha value is -0.380. The molecule has 0 spiro atoms. The van der Waals surface area contributed by atoms with Gasteiger partial charge in [-0.3, -0.25) is 0 Å². The Bertz CT molecular complexity index is 754. The number of aliphatic carboxylic acids is 2. The standard InChI is InChI=1S/2C8H8INO3.Ca/c2*9-5-3-4(1-2-6(5)11)7(10)8(12)13;/h2*1-3,7,11H,10H2,(H,12,13);/q;;+2/p-2. The van der Waals surface area contributed by atoms with E-state index >= 15 is 0 Å². The first kappa shape index (κ1) is 26.6. The van der Waals surface area contributed by atoms with E-state index in [9.17, 15) is 19.8 Å². The van der Waals surface area contributed by atoms with Crippen LogP contribution in [0.2, 0.25) is 0 Å². The van der Waals surface area contributed by atoms with Crippen LogP contribution in [0.15, 0.2) is 36.4 Å². The van der Waals surface area contributed by atoms with Gasteiger partial charge in [-0.2, -0.15) is 0 Å². The molecule has 2 rings (SSSR count). The van der Waals surface area contributed by atoms with Crippen LogP contribution in [0.25, 0.3) is 0 Å². The summed E-state index contributed by atoms with van der Waals surface area (Å²) in [6, 6.07) is 6.45. The first-order valence-electron chi connectivity index (χ1n) is 6.94. The summed E-state index contributed by atoms with van der Waals surface area (Å²) in [7, 11) is 0. The molecule has 2 aromatic rings. The summed E-state index contributed by atoms with van der Waals surface area (Å²) in [5.41, 5.74) is 11.5. The molecule has 2 aromatic carbocycles. The minimum atomic E-state index is -1.33. The molecule has 0 bridgehead atoms. The van der Waals surface area contributed by atoms with Gasteiger partial charge < -0.3 is 41.5 Å². The summed E-state index contributed by atoms with van der Waals surface area (Å²) in [5.74, 6) is -2.45. The van der Waals surface area contributed by atoms with Gasteiger partial charge in [-0.1, -0.05) is 12.1 Å². The maximum absolute atomic E-state index is 10.4. The molecular weight excluding hydrogens is 610 g/mol. The van der Waals surface area contributed by atoms with Gasteiger partial charge in [0.25, 0.3) is 0 Å². The largest absolute Gasteiger partial charge is 2.00 e. The molecule has 0 saturated heterocycles. The van der Waals surface area contributed by atoms with Crippen molar-refractivity contribution in [2.75, 3.05) is 0 Å². The van der Waals surface area contributed by atoms with Crippen molar-refractivity contribution in [1.82, 2.24) is 0 Å². The second-order valence-electron chi connectivity index (χ2n) is 5.02. The molecular formula is C16H14CaI2N2O6. The van der Waals surface area contributed by atoms with Gasteiger partial charge in [-0.15, -0.1) is 0 Å². The first-order chi connectivity index (χ1) is 12.0. The van der Waals surface area contributed by atoms with Crippen molar-refractivity contribution in [2.24, 2.45) is 11.5 Å². The van der Waals surface area contributed by atoms with Crippen molar-refractivity contribution < 1.29 is 30.0 Å². The van der Waals surface area contributed by atoms with Crippen LogP contribution < -0.4 is 21.7 Å². The van der Waals surface area contributed by atoms with Crippen LogP contribution in [0.5, 0.6) is 11.5 Å². The molecule has 0 aliphatic carbocycles. The van der Waals surface area contributed by atoms with Crippen LogP contribution in [-0.4, -0.2) is 59.9 Å². The van der Waals surface area contributed by atoms with Gasteiger partial charge in [0.15, 0.2) is 0 Å². The normalized spacial score (nSPS) is 12.0. The molecule has 140 valence electrons. The number of halogens is 2. The monoisotopic (exact) mass is 624 g/mol. The number of benzene rings is 2. The average molecular weight is 624 g/mol. The molecule has 0 aliphatic rings. The summed E-state index contributed by atoms with van der Waals surface area (Å²) in [6.45, 7) is 0. The number of carboxylic acids is 2. The van der Waals surface area contributed by atoms with Crippen LogP contribution >= 0.6 is 45.2 Å². The minimum Gasteiger partial charge on any atom is -0.548 e. The SMILES string of the molecule is NC(C(=O)[O-])c1ccc(O)c(I)c1.NC(C(=O)[O-])c1ccc(O)c(I)c1.[Ca+2]. The number of carbonyl (C=O) groups is 2. The van der Waals surface area contributed by atoms with Crippen LogP contribution in [-0.2, 0) is 9.59 Å². The van der Waals surface area contributed by atoms with E-state index < -0.39 is 24.0 Å². The van der Waals surface area contributed by atoms with E-state index in [1.54, 1.807) is 0 Å². The number of phenols is 2. The molecule has 0 heterocycles. The zero-order valence-corrected chi connectivity index (χ0v) is 20.3. The van der Waals surface area contributed by atoms with Crippen LogP contribution in [0, 0.1) is 7.14 Å². The quantitative estimate of drug-likeness (QED) is 0.251. The molecule has 0 aromatic heterocycles. The smallest absolute Gasteiger partial charge is 0.548 e. The Morgan fingerprint density at radius 1 is 0.815 bits per heavy atom. The molecule has 8 nitrogen and oxygen atoms in total. The Kier molecular flexibility index (Phi) is 12.1. The Balaban J connectivity index is 0.000000483. The predicted octanol–water partition coefficient (Wildman–Crippen LogP) is -0.888. The number of aromatic hydroxyl groups is 2. The van der Waals surface area contributed by atoms with E-state index in [0.717, 1.165) is 0 Å². The molecule has 0 saturated carbocycles. The average Bonchev–Trinajstić information content (AvgIpc) is 2.58. The molecule has 2 atom stereocenters. The predicted molar refractivity (Wildman–Crippen MR) is 111 cm³/mol. The van der Waals surface area contributed by atoms with Gasteiger partial charge >= 0.3 is 37.7 Å². The number of carboxylic acid groups (broad SMARTS) is 2. The molecule has 0 fully saturated rings. The summed E-state index contributed by atoms with van der Waals surface area (Å²) in [5, 5.41) is 39.1. The molecule has 0 amide bonds. The van der Waals surface area contributed by atoms with Crippen molar-refractivity contribution in [1.29, 1.82) is 0 Å². The van der Waals surface area contributed by atoms with Gasteiger partial charge in [0, 0.05) is 0 Å². The van der Waals surface area contributed by atoms with Crippen molar-refractivity contribution in [2.45, 2.75) is 12.1 Å². The van der Waals surface area contributed by atoms with Crippen molar-refractivity contribution in [3.8, 4) is 11.5 Å². The fourth-order valence-corrected chi connectivity index (χ4v) is 2.78. The summed E-state index contributed by atoms with van der Waals surface area (Å²) in [4.78, 5) is 20.8.